The first-order chi connectivity index (χ1) is 12.4. The zero-order chi connectivity index (χ0) is 18.3. The maximum Gasteiger partial charge on any atom is 0.267 e. The molecule has 0 aliphatic carbocycles. The van der Waals surface area contributed by atoms with Crippen LogP contribution in [0.25, 0.3) is 11.0 Å². The molecule has 1 amide bonds. The van der Waals surface area contributed by atoms with Gasteiger partial charge in [-0.2, -0.15) is 0 Å². The van der Waals surface area contributed by atoms with Crippen LogP contribution in [-0.4, -0.2) is 27.5 Å². The largest absolute Gasteiger partial charge is 0.370 e. The number of carbonyl (C=O) groups excluding carboxylic acids is 1. The van der Waals surface area contributed by atoms with Gasteiger partial charge in [-0.25, -0.2) is 9.97 Å². The zero-order valence-corrected chi connectivity index (χ0v) is 15.9. The van der Waals surface area contributed by atoms with Gasteiger partial charge in [0.1, 0.15) is 16.8 Å². The van der Waals surface area contributed by atoms with Crippen LogP contribution in [0, 0.1) is 0 Å². The van der Waals surface area contributed by atoms with Gasteiger partial charge in [-0.15, -0.1) is 11.3 Å². The summed E-state index contributed by atoms with van der Waals surface area (Å²) < 4.78 is 5.68. The van der Waals surface area contributed by atoms with E-state index in [1.54, 1.807) is 6.20 Å². The fraction of sp³-hybridized carbons (Fsp3) is 0.421. The Labute approximate surface area is 156 Å². The van der Waals surface area contributed by atoms with Crippen molar-refractivity contribution in [3.63, 3.8) is 0 Å². The van der Waals surface area contributed by atoms with E-state index < -0.39 is 0 Å². The fourth-order valence-electron chi connectivity index (χ4n) is 2.97. The van der Waals surface area contributed by atoms with Crippen molar-refractivity contribution in [1.29, 1.82) is 0 Å². The molecule has 1 atom stereocenters. The number of aromatic amines is 1. The van der Waals surface area contributed by atoms with E-state index in [0.29, 0.717) is 4.88 Å². The summed E-state index contributed by atoms with van der Waals surface area (Å²) in [6.07, 6.45) is 3.75. The Balaban J connectivity index is 1.53. The third-order valence-corrected chi connectivity index (χ3v) is 5.79. The molecular formula is C19H22N4O2S. The average molecular weight is 370 g/mol. The number of amides is 1. The van der Waals surface area contributed by atoms with Crippen molar-refractivity contribution >= 4 is 34.0 Å². The molecule has 0 spiro atoms. The number of hydrogen-bond donors (Lipinski definition) is 2. The minimum Gasteiger partial charge on any atom is -0.370 e. The van der Waals surface area contributed by atoms with Crippen LogP contribution in [0.4, 0.5) is 5.69 Å². The van der Waals surface area contributed by atoms with E-state index in [-0.39, 0.29) is 17.4 Å². The number of aromatic nitrogens is 3. The minimum atomic E-state index is -0.142. The van der Waals surface area contributed by atoms with E-state index in [0.717, 1.165) is 47.0 Å². The van der Waals surface area contributed by atoms with Crippen LogP contribution in [0.5, 0.6) is 0 Å². The van der Waals surface area contributed by atoms with E-state index in [2.05, 4.69) is 41.0 Å². The van der Waals surface area contributed by atoms with Crippen molar-refractivity contribution < 1.29 is 9.53 Å². The van der Waals surface area contributed by atoms with Crippen molar-refractivity contribution in [3.8, 4) is 0 Å². The van der Waals surface area contributed by atoms with Crippen molar-refractivity contribution in [3.05, 3.63) is 40.1 Å². The summed E-state index contributed by atoms with van der Waals surface area (Å²) in [5.74, 6) is 0.717. The Morgan fingerprint density at radius 2 is 2.23 bits per heavy atom. The van der Waals surface area contributed by atoms with Crippen LogP contribution < -0.4 is 5.32 Å². The third-order valence-electron chi connectivity index (χ3n) is 4.36. The molecule has 2 aromatic heterocycles. The number of thiazole rings is 1. The molecule has 3 aromatic rings. The summed E-state index contributed by atoms with van der Waals surface area (Å²) in [6.45, 7) is 7.05. The van der Waals surface area contributed by atoms with Gasteiger partial charge in [-0.1, -0.05) is 20.8 Å². The maximum atomic E-state index is 12.5. The van der Waals surface area contributed by atoms with Crippen LogP contribution in [0.1, 0.15) is 60.2 Å². The first-order valence-electron chi connectivity index (χ1n) is 8.79. The molecule has 0 saturated carbocycles. The van der Waals surface area contributed by atoms with Gasteiger partial charge in [0.15, 0.2) is 0 Å². The van der Waals surface area contributed by atoms with Gasteiger partial charge < -0.3 is 15.0 Å². The second kappa shape index (κ2) is 6.48. The highest BCUT2D eigenvalue weighted by atomic mass is 32.1. The molecule has 26 heavy (non-hydrogen) atoms. The molecule has 7 heteroatoms. The maximum absolute atomic E-state index is 12.5. The Kier molecular flexibility index (Phi) is 4.28. The number of nitrogens with one attached hydrogen (secondary N) is 2. The zero-order valence-electron chi connectivity index (χ0n) is 15.1. The van der Waals surface area contributed by atoms with Crippen LogP contribution in [0.3, 0.4) is 0 Å². The van der Waals surface area contributed by atoms with Crippen LogP contribution in [0.15, 0.2) is 24.4 Å². The van der Waals surface area contributed by atoms with Gasteiger partial charge in [0.2, 0.25) is 0 Å². The lowest BCUT2D eigenvalue weighted by molar-refractivity contribution is 0.103. The van der Waals surface area contributed by atoms with Crippen LogP contribution >= 0.6 is 11.3 Å². The molecule has 136 valence electrons. The number of H-pyrrole nitrogens is 1. The fourth-order valence-corrected chi connectivity index (χ4v) is 3.84. The number of imidazole rings is 1. The Morgan fingerprint density at radius 1 is 1.38 bits per heavy atom. The molecule has 1 unspecified atom stereocenters. The van der Waals surface area contributed by atoms with Crippen molar-refractivity contribution in [2.75, 3.05) is 11.9 Å². The average Bonchev–Trinajstić information content (AvgIpc) is 3.32. The van der Waals surface area contributed by atoms with Gasteiger partial charge in [0, 0.05) is 17.7 Å². The molecule has 3 heterocycles. The molecule has 1 saturated heterocycles. The van der Waals surface area contributed by atoms with Crippen molar-refractivity contribution in [1.82, 2.24) is 15.0 Å². The number of rotatable bonds is 3. The summed E-state index contributed by atoms with van der Waals surface area (Å²) >= 11 is 1.43. The number of benzene rings is 1. The first kappa shape index (κ1) is 17.2. The lowest BCUT2D eigenvalue weighted by Gasteiger charge is -2.13. The molecule has 1 fully saturated rings. The standard InChI is InChI=1S/C19H22N4O2S/c1-19(2,3)18-20-10-15(26-18)17(24)21-11-6-7-12-13(9-11)23-16(22-12)14-5-4-8-25-14/h6-7,9-10,14H,4-5,8H2,1-3H3,(H,21,24)(H,22,23). The topological polar surface area (TPSA) is 79.9 Å². The summed E-state index contributed by atoms with van der Waals surface area (Å²) in [7, 11) is 0. The minimum absolute atomic E-state index is 0.0495. The molecule has 1 aliphatic heterocycles. The highest BCUT2D eigenvalue weighted by molar-refractivity contribution is 7.13. The number of fused-ring (bicyclic) bond motifs is 1. The predicted molar refractivity (Wildman–Crippen MR) is 103 cm³/mol. The Morgan fingerprint density at radius 3 is 2.92 bits per heavy atom. The monoisotopic (exact) mass is 370 g/mol. The quantitative estimate of drug-likeness (QED) is 0.715. The molecule has 2 N–H and O–H groups in total. The summed E-state index contributed by atoms with van der Waals surface area (Å²) in [6, 6.07) is 5.68. The second-order valence-electron chi connectivity index (χ2n) is 7.59. The SMILES string of the molecule is CC(C)(C)c1ncc(C(=O)Nc2ccc3nc(C4CCCO4)[nH]c3c2)s1. The second-order valence-corrected chi connectivity index (χ2v) is 8.62. The number of nitrogens with zero attached hydrogens (tertiary/aromatic N) is 2. The van der Waals surface area contributed by atoms with Crippen molar-refractivity contribution in [2.24, 2.45) is 0 Å². The molecular weight excluding hydrogens is 348 g/mol. The Bertz CT molecular complexity index is 948. The number of ether oxygens (including phenoxy) is 1. The lowest BCUT2D eigenvalue weighted by atomic mass is 9.98. The molecule has 0 radical (unpaired) electrons. The number of hydrogen-bond acceptors (Lipinski definition) is 5. The molecule has 4 rings (SSSR count). The van der Waals surface area contributed by atoms with Gasteiger partial charge in [-0.3, -0.25) is 4.79 Å². The van der Waals surface area contributed by atoms with E-state index >= 15 is 0 Å². The van der Waals surface area contributed by atoms with Crippen LogP contribution in [-0.2, 0) is 10.2 Å². The third kappa shape index (κ3) is 3.37. The van der Waals surface area contributed by atoms with Gasteiger partial charge >= 0.3 is 0 Å². The van der Waals surface area contributed by atoms with E-state index in [4.69, 9.17) is 4.74 Å². The molecule has 6 nitrogen and oxygen atoms in total. The number of carbonyl (C=O) groups is 1. The molecule has 1 aromatic carbocycles. The smallest absolute Gasteiger partial charge is 0.267 e. The van der Waals surface area contributed by atoms with E-state index in [9.17, 15) is 4.79 Å². The predicted octanol–water partition coefficient (Wildman–Crippen LogP) is 4.42. The van der Waals surface area contributed by atoms with Gasteiger partial charge in [0.05, 0.1) is 22.2 Å². The first-order valence-corrected chi connectivity index (χ1v) is 9.61. The summed E-state index contributed by atoms with van der Waals surface area (Å²) in [4.78, 5) is 25.4. The number of anilines is 1. The van der Waals surface area contributed by atoms with Crippen molar-refractivity contribution in [2.45, 2.75) is 45.1 Å². The lowest BCUT2D eigenvalue weighted by Crippen LogP contribution is -2.11. The van der Waals surface area contributed by atoms with E-state index in [1.807, 2.05) is 18.2 Å². The normalized spacial score (nSPS) is 17.7. The highest BCUT2D eigenvalue weighted by Crippen LogP contribution is 2.29. The van der Waals surface area contributed by atoms with Gasteiger partial charge in [-0.05, 0) is 31.0 Å². The summed E-state index contributed by atoms with van der Waals surface area (Å²) in [5.41, 5.74) is 2.45. The summed E-state index contributed by atoms with van der Waals surface area (Å²) in [5, 5.41) is 3.90. The van der Waals surface area contributed by atoms with Crippen LogP contribution in [0.2, 0.25) is 0 Å². The van der Waals surface area contributed by atoms with Gasteiger partial charge in [0.25, 0.3) is 5.91 Å². The Hall–Kier alpha value is -2.25. The molecule has 1 aliphatic rings. The highest BCUT2D eigenvalue weighted by Gasteiger charge is 2.22. The molecule has 0 bridgehead atoms. The van der Waals surface area contributed by atoms with E-state index in [1.165, 1.54) is 11.3 Å².